The summed E-state index contributed by atoms with van der Waals surface area (Å²) in [6, 6.07) is 16.3. The van der Waals surface area contributed by atoms with Gasteiger partial charge in [0.05, 0.1) is 17.8 Å². The number of carbonyl (C=O) groups is 1. The van der Waals surface area contributed by atoms with Crippen molar-refractivity contribution in [1.82, 2.24) is 19.3 Å². The van der Waals surface area contributed by atoms with Gasteiger partial charge < -0.3 is 9.30 Å². The van der Waals surface area contributed by atoms with Gasteiger partial charge in [0.1, 0.15) is 5.65 Å². The van der Waals surface area contributed by atoms with Crippen LogP contribution in [0.2, 0.25) is 0 Å². The number of rotatable bonds is 6. The Bertz CT molecular complexity index is 1160. The molecule has 0 aliphatic rings. The number of benzene rings is 1. The quantitative estimate of drug-likeness (QED) is 0.477. The molecule has 4 rings (SSSR count). The molecule has 0 saturated heterocycles. The molecule has 0 unspecified atom stereocenters. The molecular weight excluding hydrogens is 372 g/mol. The molecule has 0 atom stereocenters. The van der Waals surface area contributed by atoms with Crippen LogP contribution in [0.1, 0.15) is 29.3 Å². The molecular formula is C25H26N4O. The average Bonchev–Trinajstić information content (AvgIpc) is 3.10. The minimum atomic E-state index is 0.0889. The maximum Gasteiger partial charge on any atom is 0.228 e. The predicted octanol–water partition coefficient (Wildman–Crippen LogP) is 4.60. The average molecular weight is 399 g/mol. The third-order valence-electron chi connectivity index (χ3n) is 5.37. The van der Waals surface area contributed by atoms with Crippen LogP contribution >= 0.6 is 0 Å². The van der Waals surface area contributed by atoms with E-state index in [2.05, 4.69) is 59.8 Å². The van der Waals surface area contributed by atoms with Gasteiger partial charge in [0.15, 0.2) is 0 Å². The minimum Gasteiger partial charge on any atom is -0.338 e. The molecule has 5 heteroatoms. The number of aryl methyl sites for hydroxylation is 2. The van der Waals surface area contributed by atoms with Gasteiger partial charge in [-0.2, -0.15) is 0 Å². The smallest absolute Gasteiger partial charge is 0.228 e. The first kappa shape index (κ1) is 19.8. The lowest BCUT2D eigenvalue weighted by Crippen LogP contribution is -2.32. The van der Waals surface area contributed by atoms with E-state index in [9.17, 15) is 4.79 Å². The third-order valence-corrected chi connectivity index (χ3v) is 5.37. The summed E-state index contributed by atoms with van der Waals surface area (Å²) in [6.07, 6.45) is 5.88. The highest BCUT2D eigenvalue weighted by Crippen LogP contribution is 2.26. The van der Waals surface area contributed by atoms with Crippen molar-refractivity contribution < 1.29 is 4.79 Å². The summed E-state index contributed by atoms with van der Waals surface area (Å²) < 4.78 is 2.06. The van der Waals surface area contributed by atoms with Crippen LogP contribution in [0.25, 0.3) is 16.9 Å². The normalized spacial score (nSPS) is 11.0. The molecule has 1 amide bonds. The van der Waals surface area contributed by atoms with Gasteiger partial charge in [0, 0.05) is 37.2 Å². The number of hydrogen-bond acceptors (Lipinski definition) is 3. The molecule has 30 heavy (non-hydrogen) atoms. The van der Waals surface area contributed by atoms with Crippen LogP contribution in [-0.4, -0.2) is 31.7 Å². The number of amides is 1. The van der Waals surface area contributed by atoms with Crippen molar-refractivity contribution >= 4 is 11.6 Å². The topological polar surface area (TPSA) is 50.5 Å². The zero-order valence-corrected chi connectivity index (χ0v) is 17.7. The van der Waals surface area contributed by atoms with E-state index in [1.807, 2.05) is 30.0 Å². The van der Waals surface area contributed by atoms with Gasteiger partial charge >= 0.3 is 0 Å². The number of imidazole rings is 1. The Morgan fingerprint density at radius 3 is 2.37 bits per heavy atom. The monoisotopic (exact) mass is 398 g/mol. The zero-order chi connectivity index (χ0) is 21.1. The molecule has 152 valence electrons. The van der Waals surface area contributed by atoms with E-state index >= 15 is 0 Å². The van der Waals surface area contributed by atoms with E-state index in [-0.39, 0.29) is 5.91 Å². The summed E-state index contributed by atoms with van der Waals surface area (Å²) in [5, 5.41) is 0. The van der Waals surface area contributed by atoms with Gasteiger partial charge in [0.2, 0.25) is 5.91 Å². The molecule has 0 radical (unpaired) electrons. The molecule has 0 aliphatic carbocycles. The number of aromatic nitrogens is 3. The largest absolute Gasteiger partial charge is 0.338 e. The first-order chi connectivity index (χ1) is 14.5. The van der Waals surface area contributed by atoms with Crippen LogP contribution in [0.3, 0.4) is 0 Å². The van der Waals surface area contributed by atoms with Gasteiger partial charge in [-0.3, -0.25) is 9.78 Å². The molecule has 0 N–H and O–H groups in total. The number of pyridine rings is 2. The predicted molar refractivity (Wildman–Crippen MR) is 119 cm³/mol. The fourth-order valence-electron chi connectivity index (χ4n) is 3.65. The molecule has 0 fully saturated rings. The van der Waals surface area contributed by atoms with Crippen LogP contribution in [0.4, 0.5) is 0 Å². The highest BCUT2D eigenvalue weighted by molar-refractivity contribution is 5.81. The van der Waals surface area contributed by atoms with E-state index < -0.39 is 0 Å². The van der Waals surface area contributed by atoms with Crippen molar-refractivity contribution in [2.75, 3.05) is 6.54 Å². The number of nitrogens with zero attached hydrogens (tertiary/aromatic N) is 4. The third kappa shape index (κ3) is 4.10. The summed E-state index contributed by atoms with van der Waals surface area (Å²) in [6.45, 7) is 7.36. The number of carbonyl (C=O) groups excluding carboxylic acids is 1. The summed E-state index contributed by atoms with van der Waals surface area (Å²) >= 11 is 0. The fraction of sp³-hybridized carbons (Fsp3) is 0.240. The van der Waals surface area contributed by atoms with Crippen molar-refractivity contribution in [3.8, 4) is 11.3 Å². The summed E-state index contributed by atoms with van der Waals surface area (Å²) in [7, 11) is 0. The lowest BCUT2D eigenvalue weighted by molar-refractivity contribution is -0.130. The van der Waals surface area contributed by atoms with Crippen LogP contribution < -0.4 is 0 Å². The SMILES string of the molecule is CCN(Cc1ccncc1)C(=O)Cc1c(-c2ccc(C)cc2)nc2ccc(C)cn12. The Morgan fingerprint density at radius 1 is 0.967 bits per heavy atom. The van der Waals surface area contributed by atoms with Crippen molar-refractivity contribution in [3.05, 3.63) is 89.5 Å². The Kier molecular flexibility index (Phi) is 5.61. The highest BCUT2D eigenvalue weighted by Gasteiger charge is 2.20. The van der Waals surface area contributed by atoms with Gasteiger partial charge in [-0.05, 0) is 50.1 Å². The molecule has 3 heterocycles. The van der Waals surface area contributed by atoms with Crippen LogP contribution in [0.15, 0.2) is 67.1 Å². The molecule has 0 bridgehead atoms. The molecule has 4 aromatic rings. The van der Waals surface area contributed by atoms with E-state index in [4.69, 9.17) is 4.98 Å². The van der Waals surface area contributed by atoms with Gasteiger partial charge in [0.25, 0.3) is 0 Å². The van der Waals surface area contributed by atoms with E-state index in [0.29, 0.717) is 19.5 Å². The number of hydrogen-bond donors (Lipinski definition) is 0. The second-order valence-electron chi connectivity index (χ2n) is 7.65. The van der Waals surface area contributed by atoms with Crippen LogP contribution in [-0.2, 0) is 17.8 Å². The maximum atomic E-state index is 13.3. The molecule has 1 aromatic carbocycles. The Hall–Kier alpha value is -3.47. The highest BCUT2D eigenvalue weighted by atomic mass is 16.2. The lowest BCUT2D eigenvalue weighted by atomic mass is 10.1. The first-order valence-corrected chi connectivity index (χ1v) is 10.3. The zero-order valence-electron chi connectivity index (χ0n) is 17.7. The van der Waals surface area contributed by atoms with E-state index in [1.54, 1.807) is 12.4 Å². The van der Waals surface area contributed by atoms with E-state index in [1.165, 1.54) is 5.56 Å². The minimum absolute atomic E-state index is 0.0889. The standard InChI is InChI=1S/C25H26N4O/c1-4-28(17-20-11-13-26-14-12-20)24(30)15-22-25(21-8-5-18(2)6-9-21)27-23-10-7-19(3)16-29(22)23/h5-14,16H,4,15,17H2,1-3H3. The molecule has 0 aliphatic heterocycles. The fourth-order valence-corrected chi connectivity index (χ4v) is 3.65. The lowest BCUT2D eigenvalue weighted by Gasteiger charge is -2.21. The summed E-state index contributed by atoms with van der Waals surface area (Å²) in [5.41, 5.74) is 7.09. The van der Waals surface area contributed by atoms with Gasteiger partial charge in [-0.15, -0.1) is 0 Å². The Morgan fingerprint density at radius 2 is 1.67 bits per heavy atom. The maximum absolute atomic E-state index is 13.3. The Balaban J connectivity index is 1.71. The van der Waals surface area contributed by atoms with Crippen LogP contribution in [0, 0.1) is 13.8 Å². The van der Waals surface area contributed by atoms with Crippen molar-refractivity contribution in [1.29, 1.82) is 0 Å². The molecule has 5 nitrogen and oxygen atoms in total. The van der Waals surface area contributed by atoms with E-state index in [0.717, 1.165) is 33.7 Å². The van der Waals surface area contributed by atoms with Crippen LogP contribution in [0.5, 0.6) is 0 Å². The first-order valence-electron chi connectivity index (χ1n) is 10.3. The van der Waals surface area contributed by atoms with Crippen molar-refractivity contribution in [3.63, 3.8) is 0 Å². The second-order valence-corrected chi connectivity index (χ2v) is 7.65. The molecule has 0 saturated carbocycles. The van der Waals surface area contributed by atoms with Gasteiger partial charge in [-0.1, -0.05) is 35.9 Å². The molecule has 0 spiro atoms. The van der Waals surface area contributed by atoms with Crippen molar-refractivity contribution in [2.24, 2.45) is 0 Å². The number of fused-ring (bicyclic) bond motifs is 1. The molecule has 3 aromatic heterocycles. The Labute approximate surface area is 177 Å². The van der Waals surface area contributed by atoms with Crippen molar-refractivity contribution in [2.45, 2.75) is 33.7 Å². The second kappa shape index (κ2) is 8.49. The number of likely N-dealkylation sites (N-methyl/N-ethyl adjacent to an activating group) is 1. The summed E-state index contributed by atoms with van der Waals surface area (Å²) in [4.78, 5) is 24.1. The summed E-state index contributed by atoms with van der Waals surface area (Å²) in [5.74, 6) is 0.0889. The van der Waals surface area contributed by atoms with Gasteiger partial charge in [-0.25, -0.2) is 4.98 Å².